The largest absolute Gasteiger partial charge is 0.359 e. The van der Waals surface area contributed by atoms with Crippen molar-refractivity contribution in [1.82, 2.24) is 29.8 Å². The summed E-state index contributed by atoms with van der Waals surface area (Å²) in [5.74, 6) is -3.87. The summed E-state index contributed by atoms with van der Waals surface area (Å²) >= 11 is 0. The molecule has 0 aliphatic rings. The van der Waals surface area contributed by atoms with Gasteiger partial charge in [0.1, 0.15) is 6.54 Å². The van der Waals surface area contributed by atoms with E-state index in [1.807, 2.05) is 6.07 Å². The lowest BCUT2D eigenvalue weighted by Crippen LogP contribution is -2.35. The third-order valence-electron chi connectivity index (χ3n) is 5.05. The standard InChI is InChI=1S/C22H21F2N7O2/c1-14-8-26-20(28-12-22(23,24)16-5-3-2-4-6-16)21(33)31(14)11-18(32)25-9-15-7-17-19(27-10-15)30-13-29-17/h2-8,10,13H,9,11-12H2,1H3,(H,25,32)(H,26,28)(H,27,29,30). The molecule has 4 rings (SSSR count). The van der Waals surface area contributed by atoms with Crippen molar-refractivity contribution >= 4 is 22.9 Å². The number of hydrogen-bond acceptors (Lipinski definition) is 6. The molecule has 170 valence electrons. The van der Waals surface area contributed by atoms with Crippen LogP contribution in [0.25, 0.3) is 11.2 Å². The Labute approximate surface area is 186 Å². The number of aromatic nitrogens is 5. The molecule has 0 unspecified atom stereocenters. The Hall–Kier alpha value is -4.15. The number of aromatic amines is 1. The third-order valence-corrected chi connectivity index (χ3v) is 5.05. The van der Waals surface area contributed by atoms with Crippen molar-refractivity contribution in [1.29, 1.82) is 0 Å². The SMILES string of the molecule is Cc1cnc(NCC(F)(F)c2ccccc2)c(=O)n1CC(=O)NCc1cnc2nc[nH]c2c1. The molecule has 0 spiro atoms. The summed E-state index contributed by atoms with van der Waals surface area (Å²) in [5.41, 5.74) is 1.66. The van der Waals surface area contributed by atoms with Crippen molar-refractivity contribution < 1.29 is 13.6 Å². The second kappa shape index (κ2) is 9.15. The first-order chi connectivity index (χ1) is 15.8. The highest BCUT2D eigenvalue weighted by atomic mass is 19.3. The average molecular weight is 453 g/mol. The molecule has 1 aromatic carbocycles. The molecule has 0 aliphatic carbocycles. The number of amides is 1. The van der Waals surface area contributed by atoms with Crippen molar-refractivity contribution in [2.45, 2.75) is 25.9 Å². The molecule has 0 saturated heterocycles. The maximum atomic E-state index is 14.4. The number of aryl methyl sites for hydroxylation is 1. The van der Waals surface area contributed by atoms with Crippen LogP contribution in [0.5, 0.6) is 0 Å². The predicted molar refractivity (Wildman–Crippen MR) is 118 cm³/mol. The van der Waals surface area contributed by atoms with Gasteiger partial charge in [0.2, 0.25) is 5.91 Å². The Kier molecular flexibility index (Phi) is 6.11. The average Bonchev–Trinajstić information content (AvgIpc) is 3.28. The molecule has 9 nitrogen and oxygen atoms in total. The van der Waals surface area contributed by atoms with Crippen LogP contribution >= 0.6 is 0 Å². The normalized spacial score (nSPS) is 11.5. The number of carbonyl (C=O) groups is 1. The van der Waals surface area contributed by atoms with Crippen LogP contribution < -0.4 is 16.2 Å². The smallest absolute Gasteiger partial charge is 0.293 e. The number of hydrogen-bond donors (Lipinski definition) is 3. The first-order valence-electron chi connectivity index (χ1n) is 10.1. The molecule has 0 saturated carbocycles. The van der Waals surface area contributed by atoms with E-state index in [2.05, 4.69) is 30.6 Å². The zero-order chi connectivity index (χ0) is 23.4. The number of pyridine rings is 1. The summed E-state index contributed by atoms with van der Waals surface area (Å²) in [5, 5.41) is 5.14. The molecule has 0 fully saturated rings. The van der Waals surface area contributed by atoms with Crippen LogP contribution in [0, 0.1) is 6.92 Å². The summed E-state index contributed by atoms with van der Waals surface area (Å²) in [6.07, 6.45) is 4.48. The molecule has 1 amide bonds. The number of benzene rings is 1. The van der Waals surface area contributed by atoms with Gasteiger partial charge in [-0.2, -0.15) is 8.78 Å². The van der Waals surface area contributed by atoms with Crippen LogP contribution in [0.15, 0.2) is 59.9 Å². The first-order valence-corrected chi connectivity index (χ1v) is 10.1. The van der Waals surface area contributed by atoms with Crippen LogP contribution in [-0.2, 0) is 23.8 Å². The zero-order valence-electron chi connectivity index (χ0n) is 17.7. The van der Waals surface area contributed by atoms with Crippen molar-refractivity contribution in [2.24, 2.45) is 0 Å². The number of imidazole rings is 1. The quantitative estimate of drug-likeness (QED) is 0.377. The lowest BCUT2D eigenvalue weighted by Gasteiger charge is -2.18. The number of H-pyrrole nitrogens is 1. The second-order valence-electron chi connectivity index (χ2n) is 7.46. The van der Waals surface area contributed by atoms with Crippen molar-refractivity contribution in [3.63, 3.8) is 0 Å². The highest BCUT2D eigenvalue weighted by Crippen LogP contribution is 2.27. The van der Waals surface area contributed by atoms with Gasteiger partial charge in [-0.1, -0.05) is 30.3 Å². The van der Waals surface area contributed by atoms with Gasteiger partial charge in [0.05, 0.1) is 18.4 Å². The molecule has 0 bridgehead atoms. The van der Waals surface area contributed by atoms with Gasteiger partial charge in [-0.05, 0) is 18.6 Å². The Morgan fingerprint density at radius 1 is 1.15 bits per heavy atom. The fourth-order valence-corrected chi connectivity index (χ4v) is 3.24. The number of nitrogens with one attached hydrogen (secondary N) is 3. The summed E-state index contributed by atoms with van der Waals surface area (Å²) in [4.78, 5) is 40.3. The molecular formula is C22H21F2N7O2. The monoisotopic (exact) mass is 453 g/mol. The molecule has 0 aliphatic heterocycles. The van der Waals surface area contributed by atoms with E-state index in [4.69, 9.17) is 0 Å². The molecule has 3 N–H and O–H groups in total. The van der Waals surface area contributed by atoms with Gasteiger partial charge in [0, 0.05) is 30.2 Å². The van der Waals surface area contributed by atoms with Crippen molar-refractivity contribution in [2.75, 3.05) is 11.9 Å². The van der Waals surface area contributed by atoms with E-state index >= 15 is 0 Å². The van der Waals surface area contributed by atoms with Gasteiger partial charge in [-0.25, -0.2) is 15.0 Å². The van der Waals surface area contributed by atoms with Crippen LogP contribution in [0.1, 0.15) is 16.8 Å². The van der Waals surface area contributed by atoms with Crippen LogP contribution in [-0.4, -0.2) is 37.0 Å². The Morgan fingerprint density at radius 2 is 1.94 bits per heavy atom. The van der Waals surface area contributed by atoms with E-state index in [9.17, 15) is 18.4 Å². The van der Waals surface area contributed by atoms with E-state index in [-0.39, 0.29) is 24.5 Å². The Balaban J connectivity index is 1.41. The molecule has 11 heteroatoms. The van der Waals surface area contributed by atoms with Gasteiger partial charge in [-0.3, -0.25) is 14.2 Å². The molecule has 33 heavy (non-hydrogen) atoms. The number of rotatable bonds is 8. The van der Waals surface area contributed by atoms with E-state index in [1.165, 1.54) is 41.4 Å². The van der Waals surface area contributed by atoms with E-state index in [1.54, 1.807) is 19.2 Å². The maximum Gasteiger partial charge on any atom is 0.293 e. The molecule has 4 aromatic rings. The number of fused-ring (bicyclic) bond motifs is 1. The molecular weight excluding hydrogens is 432 g/mol. The van der Waals surface area contributed by atoms with Gasteiger partial charge >= 0.3 is 0 Å². The van der Waals surface area contributed by atoms with Gasteiger partial charge < -0.3 is 15.6 Å². The van der Waals surface area contributed by atoms with Gasteiger partial charge in [-0.15, -0.1) is 0 Å². The van der Waals surface area contributed by atoms with Crippen LogP contribution in [0.2, 0.25) is 0 Å². The lowest BCUT2D eigenvalue weighted by molar-refractivity contribution is -0.121. The Bertz CT molecular complexity index is 1340. The summed E-state index contributed by atoms with van der Waals surface area (Å²) in [6.45, 7) is 0.725. The number of alkyl halides is 2. The molecule has 3 heterocycles. The maximum absolute atomic E-state index is 14.4. The number of anilines is 1. The third kappa shape index (κ3) is 5.03. The van der Waals surface area contributed by atoms with Gasteiger partial charge in [0.15, 0.2) is 11.5 Å². The Morgan fingerprint density at radius 3 is 2.73 bits per heavy atom. The molecule has 0 atom stereocenters. The van der Waals surface area contributed by atoms with E-state index < -0.39 is 23.9 Å². The summed E-state index contributed by atoms with van der Waals surface area (Å²) < 4.78 is 30.0. The molecule has 0 radical (unpaired) electrons. The van der Waals surface area contributed by atoms with E-state index in [0.717, 1.165) is 11.1 Å². The number of nitrogens with zero attached hydrogens (tertiary/aromatic N) is 4. The highest BCUT2D eigenvalue weighted by Gasteiger charge is 2.31. The first kappa shape index (κ1) is 22.1. The zero-order valence-corrected chi connectivity index (χ0v) is 17.7. The topological polar surface area (TPSA) is 118 Å². The van der Waals surface area contributed by atoms with Crippen molar-refractivity contribution in [3.8, 4) is 0 Å². The number of carbonyl (C=O) groups excluding carboxylic acids is 1. The van der Waals surface area contributed by atoms with Crippen LogP contribution in [0.3, 0.4) is 0 Å². The minimum Gasteiger partial charge on any atom is -0.359 e. The molecule has 3 aromatic heterocycles. The second-order valence-corrected chi connectivity index (χ2v) is 7.46. The van der Waals surface area contributed by atoms with Crippen LogP contribution in [0.4, 0.5) is 14.6 Å². The minimum atomic E-state index is -3.20. The van der Waals surface area contributed by atoms with Crippen molar-refractivity contribution in [3.05, 3.63) is 82.3 Å². The fourth-order valence-electron chi connectivity index (χ4n) is 3.24. The lowest BCUT2D eigenvalue weighted by atomic mass is 10.1. The van der Waals surface area contributed by atoms with Gasteiger partial charge in [0.25, 0.3) is 11.5 Å². The minimum absolute atomic E-state index is 0.174. The fraction of sp³-hybridized carbons (Fsp3) is 0.227. The van der Waals surface area contributed by atoms with E-state index in [0.29, 0.717) is 11.3 Å². The summed E-state index contributed by atoms with van der Waals surface area (Å²) in [7, 11) is 0. The summed E-state index contributed by atoms with van der Waals surface area (Å²) in [6, 6.07) is 9.11. The number of halogens is 2. The predicted octanol–water partition coefficient (Wildman–Crippen LogP) is 2.34. The highest BCUT2D eigenvalue weighted by molar-refractivity contribution is 5.76.